The van der Waals surface area contributed by atoms with Gasteiger partial charge in [0.05, 0.1) is 5.69 Å². The van der Waals surface area contributed by atoms with Crippen LogP contribution in [0.25, 0.3) is 11.3 Å². The first-order valence-corrected chi connectivity index (χ1v) is 7.01. The van der Waals surface area contributed by atoms with Gasteiger partial charge in [-0.05, 0) is 36.2 Å². The average Bonchev–Trinajstić information content (AvgIpc) is 3.00. The van der Waals surface area contributed by atoms with E-state index in [2.05, 4.69) is 39.1 Å². The molecule has 102 valence electrons. The lowest BCUT2D eigenvalue weighted by Gasteiger charge is -2.17. The summed E-state index contributed by atoms with van der Waals surface area (Å²) in [5, 5.41) is 0. The summed E-state index contributed by atoms with van der Waals surface area (Å²) in [5.41, 5.74) is 4.55. The van der Waals surface area contributed by atoms with E-state index in [-0.39, 0.29) is 0 Å². The zero-order chi connectivity index (χ0) is 14.1. The summed E-state index contributed by atoms with van der Waals surface area (Å²) in [4.78, 5) is 15.4. The van der Waals surface area contributed by atoms with Gasteiger partial charge in [-0.2, -0.15) is 0 Å². The van der Waals surface area contributed by atoms with Crippen molar-refractivity contribution in [2.75, 3.05) is 11.4 Å². The lowest BCUT2D eigenvalue weighted by atomic mass is 10.2. The van der Waals surface area contributed by atoms with Crippen LogP contribution in [0.3, 0.4) is 0 Å². The summed E-state index contributed by atoms with van der Waals surface area (Å²) in [7, 11) is 0. The number of benzene rings is 1. The zero-order valence-electron chi connectivity index (χ0n) is 11.5. The normalized spacial score (nSPS) is 13.2. The maximum absolute atomic E-state index is 4.71. The third-order valence-corrected chi connectivity index (χ3v) is 3.75. The fourth-order valence-corrected chi connectivity index (χ4v) is 2.71. The lowest BCUT2D eigenvalue weighted by Crippen LogP contribution is -2.16. The second-order valence-electron chi connectivity index (χ2n) is 5.01. The summed E-state index contributed by atoms with van der Waals surface area (Å²) in [6, 6.07) is 14.3. The summed E-state index contributed by atoms with van der Waals surface area (Å²) in [6.45, 7) is 0.930. The first kappa shape index (κ1) is 12.0. The van der Waals surface area contributed by atoms with E-state index in [4.69, 9.17) is 4.98 Å². The van der Waals surface area contributed by atoms with Gasteiger partial charge in [-0.3, -0.25) is 4.98 Å². The topological polar surface area (TPSA) is 41.9 Å². The van der Waals surface area contributed by atoms with Crippen LogP contribution in [0.1, 0.15) is 5.56 Å². The number of pyridine rings is 1. The molecular weight excluding hydrogens is 260 g/mol. The first-order chi connectivity index (χ1) is 10.4. The Hall–Kier alpha value is -2.75. The van der Waals surface area contributed by atoms with Crippen molar-refractivity contribution in [1.82, 2.24) is 15.0 Å². The number of hydrogen-bond acceptors (Lipinski definition) is 4. The van der Waals surface area contributed by atoms with E-state index >= 15 is 0 Å². The molecule has 0 saturated heterocycles. The van der Waals surface area contributed by atoms with E-state index in [9.17, 15) is 0 Å². The number of para-hydroxylation sites is 1. The van der Waals surface area contributed by atoms with Gasteiger partial charge in [0.2, 0.25) is 5.95 Å². The average molecular weight is 274 g/mol. The van der Waals surface area contributed by atoms with Crippen LogP contribution in [0, 0.1) is 0 Å². The molecule has 4 heteroatoms. The van der Waals surface area contributed by atoms with Crippen molar-refractivity contribution >= 4 is 11.6 Å². The third-order valence-electron chi connectivity index (χ3n) is 3.75. The zero-order valence-corrected chi connectivity index (χ0v) is 11.5. The molecule has 3 aromatic rings. The number of rotatable bonds is 2. The SMILES string of the molecule is c1ccc2c(c1)CCN2c1nccc(-c2ccncc2)n1. The minimum absolute atomic E-state index is 0.759. The van der Waals surface area contributed by atoms with E-state index in [0.717, 1.165) is 30.2 Å². The van der Waals surface area contributed by atoms with Gasteiger partial charge in [-0.25, -0.2) is 9.97 Å². The van der Waals surface area contributed by atoms with E-state index in [1.54, 1.807) is 12.4 Å². The second-order valence-corrected chi connectivity index (χ2v) is 5.01. The molecule has 0 unspecified atom stereocenters. The van der Waals surface area contributed by atoms with Crippen LogP contribution in [0.2, 0.25) is 0 Å². The molecule has 0 amide bonds. The molecule has 0 radical (unpaired) electrons. The van der Waals surface area contributed by atoms with Gasteiger partial charge in [0.15, 0.2) is 0 Å². The summed E-state index contributed by atoms with van der Waals surface area (Å²) >= 11 is 0. The van der Waals surface area contributed by atoms with Crippen LogP contribution in [-0.4, -0.2) is 21.5 Å². The molecule has 0 spiro atoms. The molecule has 0 atom stereocenters. The number of hydrogen-bond donors (Lipinski definition) is 0. The molecule has 1 aromatic carbocycles. The molecule has 0 saturated carbocycles. The Morgan fingerprint density at radius 2 is 1.76 bits per heavy atom. The van der Waals surface area contributed by atoms with E-state index in [1.807, 2.05) is 24.4 Å². The largest absolute Gasteiger partial charge is 0.310 e. The van der Waals surface area contributed by atoms with Crippen LogP contribution in [0.5, 0.6) is 0 Å². The maximum atomic E-state index is 4.71. The smallest absolute Gasteiger partial charge is 0.230 e. The molecule has 0 fully saturated rings. The van der Waals surface area contributed by atoms with Crippen molar-refractivity contribution in [3.63, 3.8) is 0 Å². The van der Waals surface area contributed by atoms with E-state index < -0.39 is 0 Å². The highest BCUT2D eigenvalue weighted by Crippen LogP contribution is 2.32. The third kappa shape index (κ3) is 2.14. The van der Waals surface area contributed by atoms with Crippen LogP contribution in [0.15, 0.2) is 61.1 Å². The number of anilines is 2. The molecule has 21 heavy (non-hydrogen) atoms. The van der Waals surface area contributed by atoms with E-state index in [0.29, 0.717) is 0 Å². The number of aromatic nitrogens is 3. The van der Waals surface area contributed by atoms with Gasteiger partial charge >= 0.3 is 0 Å². The Labute approximate surface area is 123 Å². The van der Waals surface area contributed by atoms with Crippen molar-refractivity contribution in [1.29, 1.82) is 0 Å². The highest BCUT2D eigenvalue weighted by Gasteiger charge is 2.21. The van der Waals surface area contributed by atoms with Gasteiger partial charge in [0.25, 0.3) is 0 Å². The molecule has 4 rings (SSSR count). The van der Waals surface area contributed by atoms with Gasteiger partial charge in [0.1, 0.15) is 0 Å². The Balaban J connectivity index is 1.75. The van der Waals surface area contributed by atoms with Gasteiger partial charge in [-0.1, -0.05) is 18.2 Å². The molecule has 1 aliphatic heterocycles. The molecule has 1 aliphatic rings. The fraction of sp³-hybridized carbons (Fsp3) is 0.118. The maximum Gasteiger partial charge on any atom is 0.230 e. The number of fused-ring (bicyclic) bond motifs is 1. The highest BCUT2D eigenvalue weighted by molar-refractivity contribution is 5.67. The monoisotopic (exact) mass is 274 g/mol. The summed E-state index contributed by atoms with van der Waals surface area (Å²) < 4.78 is 0. The van der Waals surface area contributed by atoms with Crippen molar-refractivity contribution in [2.45, 2.75) is 6.42 Å². The minimum Gasteiger partial charge on any atom is -0.310 e. The van der Waals surface area contributed by atoms with Crippen LogP contribution in [-0.2, 0) is 6.42 Å². The van der Waals surface area contributed by atoms with Crippen LogP contribution in [0.4, 0.5) is 11.6 Å². The Kier molecular flexibility index (Phi) is 2.85. The van der Waals surface area contributed by atoms with E-state index in [1.165, 1.54) is 11.3 Å². The van der Waals surface area contributed by atoms with Crippen LogP contribution >= 0.6 is 0 Å². The second kappa shape index (κ2) is 4.98. The minimum atomic E-state index is 0.759. The molecule has 0 N–H and O–H groups in total. The number of nitrogens with zero attached hydrogens (tertiary/aromatic N) is 4. The molecule has 0 aliphatic carbocycles. The first-order valence-electron chi connectivity index (χ1n) is 7.01. The Morgan fingerprint density at radius 3 is 2.67 bits per heavy atom. The standard InChI is InChI=1S/C17H14N4/c1-2-4-16-14(3-1)8-12-21(16)17-19-11-7-15(20-17)13-5-9-18-10-6-13/h1-7,9-11H,8,12H2. The molecule has 2 aromatic heterocycles. The van der Waals surface area contributed by atoms with Crippen LogP contribution < -0.4 is 4.90 Å². The predicted octanol–water partition coefficient (Wildman–Crippen LogP) is 3.23. The Morgan fingerprint density at radius 1 is 0.905 bits per heavy atom. The van der Waals surface area contributed by atoms with Crippen molar-refractivity contribution < 1.29 is 0 Å². The summed E-state index contributed by atoms with van der Waals surface area (Å²) in [6.07, 6.45) is 6.42. The molecule has 3 heterocycles. The Bertz CT molecular complexity index is 771. The van der Waals surface area contributed by atoms with Crippen molar-refractivity contribution in [3.8, 4) is 11.3 Å². The van der Waals surface area contributed by atoms with Gasteiger partial charge in [0, 0.05) is 36.4 Å². The quantitative estimate of drug-likeness (QED) is 0.719. The molecule has 0 bridgehead atoms. The van der Waals surface area contributed by atoms with Gasteiger partial charge in [-0.15, -0.1) is 0 Å². The predicted molar refractivity (Wildman–Crippen MR) is 82.4 cm³/mol. The van der Waals surface area contributed by atoms with Crippen molar-refractivity contribution in [3.05, 3.63) is 66.6 Å². The summed E-state index contributed by atoms with van der Waals surface area (Å²) in [5.74, 6) is 0.759. The fourth-order valence-electron chi connectivity index (χ4n) is 2.71. The van der Waals surface area contributed by atoms with Crippen molar-refractivity contribution in [2.24, 2.45) is 0 Å². The molecular formula is C17H14N4. The molecule has 4 nitrogen and oxygen atoms in total. The van der Waals surface area contributed by atoms with Gasteiger partial charge < -0.3 is 4.90 Å². The lowest BCUT2D eigenvalue weighted by molar-refractivity contribution is 0.941. The highest BCUT2D eigenvalue weighted by atomic mass is 15.3.